The van der Waals surface area contributed by atoms with Crippen LogP contribution in [0.15, 0.2) is 98.3 Å². The van der Waals surface area contributed by atoms with Gasteiger partial charge >= 0.3 is 5.97 Å². The van der Waals surface area contributed by atoms with Gasteiger partial charge in [-0.2, -0.15) is 23.7 Å². The Balaban J connectivity index is 1.60. The Morgan fingerprint density at radius 3 is 2.32 bits per heavy atom. The molecule has 0 aliphatic rings. The molecule has 0 fully saturated rings. The number of aromatic nitrogens is 2. The number of hydrogen-bond acceptors (Lipinski definition) is 10. The van der Waals surface area contributed by atoms with Crippen LogP contribution in [0, 0.1) is 0 Å². The predicted octanol–water partition coefficient (Wildman–Crippen LogP) is 5.24. The van der Waals surface area contributed by atoms with Crippen LogP contribution in [-0.4, -0.2) is 40.9 Å². The number of nitrogens with two attached hydrogens (primary N) is 1. The zero-order valence-corrected chi connectivity index (χ0v) is 19.9. The molecule has 0 saturated heterocycles. The van der Waals surface area contributed by atoms with E-state index in [4.69, 9.17) is 15.0 Å². The van der Waals surface area contributed by atoms with Crippen molar-refractivity contribution in [1.82, 2.24) is 9.78 Å². The Morgan fingerprint density at radius 1 is 0.946 bits per heavy atom. The van der Waals surface area contributed by atoms with Gasteiger partial charge in [-0.1, -0.05) is 12.1 Å². The third kappa shape index (κ3) is 6.01. The van der Waals surface area contributed by atoms with Gasteiger partial charge in [-0.15, -0.1) is 10.2 Å². The van der Waals surface area contributed by atoms with Crippen LogP contribution >= 0.6 is 0 Å². The monoisotopic (exact) mass is 521 g/mol. The summed E-state index contributed by atoms with van der Waals surface area (Å²) >= 11 is 0. The summed E-state index contributed by atoms with van der Waals surface area (Å²) in [7, 11) is -2.96. The molecule has 188 valence electrons. The molecule has 37 heavy (non-hydrogen) atoms. The van der Waals surface area contributed by atoms with Gasteiger partial charge in [0.15, 0.2) is 5.69 Å². The minimum atomic E-state index is -4.37. The van der Waals surface area contributed by atoms with Gasteiger partial charge in [-0.3, -0.25) is 4.55 Å². The number of anilines is 1. The number of carbonyl (C=O) groups is 1. The molecule has 13 nitrogen and oxygen atoms in total. The number of nitrogens with zero attached hydrogens (tertiary/aromatic N) is 6. The van der Waals surface area contributed by atoms with E-state index >= 15 is 0 Å². The van der Waals surface area contributed by atoms with E-state index in [2.05, 4.69) is 25.6 Å². The first-order valence-corrected chi connectivity index (χ1v) is 11.9. The van der Waals surface area contributed by atoms with Crippen LogP contribution in [0.1, 0.15) is 10.5 Å². The zero-order valence-electron chi connectivity index (χ0n) is 19.1. The highest BCUT2D eigenvalue weighted by Crippen LogP contribution is 2.34. The summed E-state index contributed by atoms with van der Waals surface area (Å²) in [5.41, 5.74) is 7.39. The summed E-state index contributed by atoms with van der Waals surface area (Å²) in [6.07, 6.45) is 1.41. The van der Waals surface area contributed by atoms with Crippen LogP contribution in [0.4, 0.5) is 28.4 Å². The zero-order chi connectivity index (χ0) is 26.6. The number of nitrogen functional groups attached to an aromatic ring is 1. The minimum absolute atomic E-state index is 0.0134. The largest absolute Gasteiger partial charge is 0.494 e. The number of carboxylic acids is 1. The van der Waals surface area contributed by atoms with Gasteiger partial charge in [0.25, 0.3) is 10.1 Å². The first-order chi connectivity index (χ1) is 17.6. The normalized spacial score (nSPS) is 11.8. The number of ether oxygens (including phenoxy) is 1. The fourth-order valence-corrected chi connectivity index (χ4v) is 3.65. The van der Waals surface area contributed by atoms with Crippen LogP contribution in [0.5, 0.6) is 5.75 Å². The van der Waals surface area contributed by atoms with Crippen molar-refractivity contribution in [3.8, 4) is 11.4 Å². The first kappa shape index (κ1) is 25.2. The van der Waals surface area contributed by atoms with Crippen molar-refractivity contribution < 1.29 is 27.6 Å². The van der Waals surface area contributed by atoms with Crippen molar-refractivity contribution in [2.24, 2.45) is 20.5 Å². The molecule has 0 radical (unpaired) electrons. The van der Waals surface area contributed by atoms with Crippen LogP contribution in [0.3, 0.4) is 0 Å². The molecule has 3 aromatic carbocycles. The molecule has 0 amide bonds. The topological polar surface area (TPSA) is 194 Å². The summed E-state index contributed by atoms with van der Waals surface area (Å²) in [5.74, 6) is -1.01. The van der Waals surface area contributed by atoms with Crippen LogP contribution < -0.4 is 10.5 Å². The SMILES string of the molecule is COc1cc(N=Nc2cccc(S(=O)(=O)O)c2)ccc1N=Nc1cn(-c2cccc(N)c2)nc1C(=O)O. The van der Waals surface area contributed by atoms with Crippen LogP contribution in [0.25, 0.3) is 5.69 Å². The van der Waals surface area contributed by atoms with E-state index < -0.39 is 16.1 Å². The van der Waals surface area contributed by atoms with Gasteiger partial charge in [0, 0.05) is 11.8 Å². The number of methoxy groups -OCH3 is 1. The lowest BCUT2D eigenvalue weighted by molar-refractivity contribution is 0.0690. The summed E-state index contributed by atoms with van der Waals surface area (Å²) in [6, 6.07) is 16.7. The standard InChI is InChI=1S/C23H19N7O6S/c1-36-21-12-16(26-25-15-5-3-7-18(11-15)37(33,34)35)8-9-19(21)27-28-20-13-30(29-22(20)23(31)32)17-6-2-4-14(24)10-17/h2-13H,24H2,1H3,(H,31,32)(H,33,34,35). The van der Waals surface area contributed by atoms with Crippen molar-refractivity contribution in [3.05, 3.63) is 78.6 Å². The second-order valence-corrected chi connectivity index (χ2v) is 8.86. The Bertz CT molecular complexity index is 1650. The van der Waals surface area contributed by atoms with E-state index in [1.807, 2.05) is 0 Å². The van der Waals surface area contributed by atoms with E-state index in [1.54, 1.807) is 30.3 Å². The number of carboxylic acid groups (broad SMARTS) is 1. The highest BCUT2D eigenvalue weighted by Gasteiger charge is 2.17. The maximum atomic E-state index is 11.7. The third-order valence-corrected chi connectivity index (χ3v) is 5.71. The molecule has 0 aliphatic heterocycles. The maximum Gasteiger partial charge on any atom is 0.358 e. The second kappa shape index (κ2) is 10.3. The predicted molar refractivity (Wildman–Crippen MR) is 133 cm³/mol. The fraction of sp³-hybridized carbons (Fsp3) is 0.0435. The molecule has 0 unspecified atom stereocenters. The summed E-state index contributed by atoms with van der Waals surface area (Å²) in [4.78, 5) is 11.4. The summed E-state index contributed by atoms with van der Waals surface area (Å²) in [5, 5.41) is 29.8. The third-order valence-electron chi connectivity index (χ3n) is 4.86. The number of rotatable bonds is 8. The average molecular weight is 522 g/mol. The Hall–Kier alpha value is -4.95. The number of aromatic carboxylic acids is 1. The number of hydrogen-bond donors (Lipinski definition) is 3. The summed E-state index contributed by atoms with van der Waals surface area (Å²) in [6.45, 7) is 0. The molecular weight excluding hydrogens is 502 g/mol. The van der Waals surface area contributed by atoms with E-state index in [1.165, 1.54) is 54.4 Å². The molecule has 0 bridgehead atoms. The van der Waals surface area contributed by atoms with Crippen molar-refractivity contribution in [2.45, 2.75) is 4.90 Å². The smallest absolute Gasteiger partial charge is 0.358 e. The molecule has 4 rings (SSSR count). The molecule has 1 aromatic heterocycles. The molecule has 1 heterocycles. The summed E-state index contributed by atoms with van der Waals surface area (Å²) < 4.78 is 38.4. The van der Waals surface area contributed by atoms with E-state index in [0.29, 0.717) is 17.1 Å². The molecule has 4 aromatic rings. The number of benzene rings is 3. The molecule has 0 spiro atoms. The van der Waals surface area contributed by atoms with Crippen molar-refractivity contribution in [3.63, 3.8) is 0 Å². The van der Waals surface area contributed by atoms with Crippen LogP contribution in [0.2, 0.25) is 0 Å². The Morgan fingerprint density at radius 2 is 1.65 bits per heavy atom. The lowest BCUT2D eigenvalue weighted by Crippen LogP contribution is -2.01. The lowest BCUT2D eigenvalue weighted by atomic mass is 10.2. The molecule has 14 heteroatoms. The van der Waals surface area contributed by atoms with Crippen molar-refractivity contribution in [2.75, 3.05) is 12.8 Å². The van der Waals surface area contributed by atoms with Gasteiger partial charge < -0.3 is 15.6 Å². The van der Waals surface area contributed by atoms with Gasteiger partial charge in [0.05, 0.1) is 35.3 Å². The second-order valence-electron chi connectivity index (χ2n) is 7.44. The van der Waals surface area contributed by atoms with Gasteiger partial charge in [0.1, 0.15) is 17.1 Å². The highest BCUT2D eigenvalue weighted by atomic mass is 32.2. The van der Waals surface area contributed by atoms with Gasteiger partial charge in [0.2, 0.25) is 0 Å². The Kier molecular flexibility index (Phi) is 7.04. The fourth-order valence-electron chi connectivity index (χ4n) is 3.13. The van der Waals surface area contributed by atoms with E-state index in [0.717, 1.165) is 0 Å². The first-order valence-electron chi connectivity index (χ1n) is 10.4. The van der Waals surface area contributed by atoms with Crippen molar-refractivity contribution >= 4 is 44.5 Å². The molecule has 4 N–H and O–H groups in total. The average Bonchev–Trinajstić information content (AvgIpc) is 3.31. The number of azo groups is 2. The van der Waals surface area contributed by atoms with Crippen molar-refractivity contribution in [1.29, 1.82) is 0 Å². The maximum absolute atomic E-state index is 11.7. The lowest BCUT2D eigenvalue weighted by Gasteiger charge is -2.04. The van der Waals surface area contributed by atoms with E-state index in [9.17, 15) is 18.3 Å². The Labute approximate surface area is 210 Å². The molecule has 0 saturated carbocycles. The quantitative estimate of drug-likeness (QED) is 0.159. The van der Waals surface area contributed by atoms with Crippen LogP contribution in [-0.2, 0) is 10.1 Å². The minimum Gasteiger partial charge on any atom is -0.494 e. The van der Waals surface area contributed by atoms with Gasteiger partial charge in [-0.05, 0) is 48.5 Å². The highest BCUT2D eigenvalue weighted by molar-refractivity contribution is 7.85. The molecular formula is C23H19N7O6S. The van der Waals surface area contributed by atoms with Gasteiger partial charge in [-0.25, -0.2) is 9.48 Å². The molecule has 0 atom stereocenters. The molecule has 0 aliphatic carbocycles. The van der Waals surface area contributed by atoms with E-state index in [-0.39, 0.29) is 33.4 Å².